The Hall–Kier alpha value is -3.52. The van der Waals surface area contributed by atoms with Gasteiger partial charge in [-0.1, -0.05) is 30.3 Å². The highest BCUT2D eigenvalue weighted by Crippen LogP contribution is 2.42. The Labute approximate surface area is 166 Å². The van der Waals surface area contributed by atoms with Gasteiger partial charge in [0.25, 0.3) is 5.69 Å². The van der Waals surface area contributed by atoms with Gasteiger partial charge in [-0.3, -0.25) is 10.1 Å². The minimum absolute atomic E-state index is 0.0108. The molecule has 4 rings (SSSR count). The first kappa shape index (κ1) is 18.8. The van der Waals surface area contributed by atoms with E-state index in [2.05, 4.69) is 0 Å². The molecule has 0 bridgehead atoms. The largest absolute Gasteiger partial charge is 0.454 e. The van der Waals surface area contributed by atoms with Gasteiger partial charge in [-0.05, 0) is 35.9 Å². The minimum atomic E-state index is -3.99. The fraction of sp³-hybridized carbons (Fsp3) is 0.0476. The van der Waals surface area contributed by atoms with E-state index in [1.54, 1.807) is 24.3 Å². The van der Waals surface area contributed by atoms with E-state index in [1.807, 2.05) is 6.07 Å². The maximum atomic E-state index is 13.4. The smallest absolute Gasteiger partial charge is 0.273 e. The summed E-state index contributed by atoms with van der Waals surface area (Å²) in [6.07, 6.45) is 0.0618. The molecule has 3 aromatic carbocycles. The first-order chi connectivity index (χ1) is 13.9. The van der Waals surface area contributed by atoms with Gasteiger partial charge in [-0.25, -0.2) is 12.8 Å². The number of halogens is 1. The average Bonchev–Trinajstić information content (AvgIpc) is 2.71. The zero-order chi connectivity index (χ0) is 20.6. The van der Waals surface area contributed by atoms with Crippen molar-refractivity contribution in [3.8, 4) is 5.75 Å². The number of ether oxygens (including phenoxy) is 1. The van der Waals surface area contributed by atoms with Crippen LogP contribution < -0.4 is 4.74 Å². The SMILES string of the molecule is O=[N+]([O-])c1ccc2c(c1)OC(c1ccc(F)cc1)=C(Cc1ccccc1)S2(=O)=O. The van der Waals surface area contributed by atoms with E-state index in [0.29, 0.717) is 5.56 Å². The summed E-state index contributed by atoms with van der Waals surface area (Å²) in [5.41, 5.74) is 0.821. The molecule has 8 heteroatoms. The van der Waals surface area contributed by atoms with Crippen molar-refractivity contribution in [2.75, 3.05) is 0 Å². The monoisotopic (exact) mass is 411 g/mol. The summed E-state index contributed by atoms with van der Waals surface area (Å²) in [5.74, 6) is -0.578. The molecule has 0 radical (unpaired) electrons. The zero-order valence-electron chi connectivity index (χ0n) is 14.9. The second kappa shape index (κ2) is 7.14. The summed E-state index contributed by atoms with van der Waals surface area (Å²) >= 11 is 0. The molecule has 3 aromatic rings. The summed E-state index contributed by atoms with van der Waals surface area (Å²) in [4.78, 5) is 10.3. The number of fused-ring (bicyclic) bond motifs is 1. The Balaban J connectivity index is 1.92. The number of allylic oxidation sites excluding steroid dienone is 1. The van der Waals surface area contributed by atoms with Crippen molar-refractivity contribution in [1.82, 2.24) is 0 Å². The Bertz CT molecular complexity index is 1240. The van der Waals surface area contributed by atoms with Gasteiger partial charge in [0.15, 0.2) is 5.75 Å². The number of benzene rings is 3. The van der Waals surface area contributed by atoms with Crippen molar-refractivity contribution in [3.63, 3.8) is 0 Å². The molecule has 146 valence electrons. The molecule has 0 fully saturated rings. The van der Waals surface area contributed by atoms with Crippen molar-refractivity contribution in [2.24, 2.45) is 0 Å². The number of non-ortho nitro benzene ring substituents is 1. The van der Waals surface area contributed by atoms with Crippen LogP contribution in [0.25, 0.3) is 5.76 Å². The van der Waals surface area contributed by atoms with Crippen molar-refractivity contribution in [1.29, 1.82) is 0 Å². The van der Waals surface area contributed by atoms with Crippen LogP contribution in [0.1, 0.15) is 11.1 Å². The summed E-state index contributed by atoms with van der Waals surface area (Å²) in [7, 11) is -3.99. The van der Waals surface area contributed by atoms with E-state index >= 15 is 0 Å². The fourth-order valence-electron chi connectivity index (χ4n) is 3.11. The second-order valence-electron chi connectivity index (χ2n) is 6.42. The molecule has 1 aliphatic heterocycles. The lowest BCUT2D eigenvalue weighted by Gasteiger charge is -2.24. The molecule has 29 heavy (non-hydrogen) atoms. The topological polar surface area (TPSA) is 86.5 Å². The summed E-state index contributed by atoms with van der Waals surface area (Å²) in [6, 6.07) is 17.6. The Morgan fingerprint density at radius 2 is 1.66 bits per heavy atom. The molecule has 0 saturated carbocycles. The highest BCUT2D eigenvalue weighted by molar-refractivity contribution is 7.95. The molecule has 0 saturated heterocycles. The van der Waals surface area contributed by atoms with E-state index in [4.69, 9.17) is 4.74 Å². The first-order valence-electron chi connectivity index (χ1n) is 8.60. The third kappa shape index (κ3) is 3.50. The number of hydrogen-bond donors (Lipinski definition) is 0. The first-order valence-corrected chi connectivity index (χ1v) is 10.1. The van der Waals surface area contributed by atoms with Crippen LogP contribution in [0.5, 0.6) is 5.75 Å². The molecule has 0 amide bonds. The maximum absolute atomic E-state index is 13.4. The number of nitro benzene ring substituents is 1. The fourth-order valence-corrected chi connectivity index (χ4v) is 4.75. The molecule has 1 heterocycles. The van der Waals surface area contributed by atoms with Crippen molar-refractivity contribution in [3.05, 3.63) is 105 Å². The van der Waals surface area contributed by atoms with Gasteiger partial charge >= 0.3 is 0 Å². The van der Waals surface area contributed by atoms with E-state index in [9.17, 15) is 22.9 Å². The van der Waals surface area contributed by atoms with Gasteiger partial charge in [-0.15, -0.1) is 0 Å². The van der Waals surface area contributed by atoms with Gasteiger partial charge in [0, 0.05) is 18.1 Å². The molecule has 0 aromatic heterocycles. The van der Waals surface area contributed by atoms with Crippen molar-refractivity contribution in [2.45, 2.75) is 11.3 Å². The Morgan fingerprint density at radius 1 is 0.966 bits per heavy atom. The molecule has 0 unspecified atom stereocenters. The average molecular weight is 411 g/mol. The third-order valence-corrected chi connectivity index (χ3v) is 6.43. The van der Waals surface area contributed by atoms with Gasteiger partial charge in [0.1, 0.15) is 16.5 Å². The molecule has 1 aliphatic rings. The van der Waals surface area contributed by atoms with E-state index < -0.39 is 20.6 Å². The third-order valence-electron chi connectivity index (χ3n) is 4.53. The van der Waals surface area contributed by atoms with E-state index in [1.165, 1.54) is 30.3 Å². The van der Waals surface area contributed by atoms with Crippen molar-refractivity contribution >= 4 is 21.3 Å². The van der Waals surface area contributed by atoms with Gasteiger partial charge < -0.3 is 4.74 Å². The summed E-state index contributed by atoms with van der Waals surface area (Å²) in [5, 5.41) is 11.1. The lowest BCUT2D eigenvalue weighted by atomic mass is 10.1. The van der Waals surface area contributed by atoms with Gasteiger partial charge in [0.2, 0.25) is 9.84 Å². The molecule has 0 N–H and O–H groups in total. The molecular formula is C21H14FNO5S. The molecule has 0 atom stereocenters. The lowest BCUT2D eigenvalue weighted by molar-refractivity contribution is -0.385. The van der Waals surface area contributed by atoms with Crippen LogP contribution in [-0.4, -0.2) is 13.3 Å². The van der Waals surface area contributed by atoms with E-state index in [0.717, 1.165) is 17.7 Å². The maximum Gasteiger partial charge on any atom is 0.273 e. The normalized spacial score (nSPS) is 14.8. The van der Waals surface area contributed by atoms with Gasteiger partial charge in [-0.2, -0.15) is 0 Å². The van der Waals surface area contributed by atoms with Crippen LogP contribution in [0.2, 0.25) is 0 Å². The number of hydrogen-bond acceptors (Lipinski definition) is 5. The standard InChI is InChI=1S/C21H14FNO5S/c22-16-8-6-15(7-9-16)21-20(12-14-4-2-1-3-5-14)29(26,27)19-11-10-17(23(24)25)13-18(19)28-21/h1-11,13H,12H2. The predicted octanol–water partition coefficient (Wildman–Crippen LogP) is 4.51. The Morgan fingerprint density at radius 3 is 2.31 bits per heavy atom. The molecular weight excluding hydrogens is 397 g/mol. The zero-order valence-corrected chi connectivity index (χ0v) is 15.7. The number of nitro groups is 1. The number of sulfone groups is 1. The Kier molecular flexibility index (Phi) is 4.63. The van der Waals surface area contributed by atoms with Crippen LogP contribution in [0.15, 0.2) is 82.6 Å². The van der Waals surface area contributed by atoms with Crippen LogP contribution in [0, 0.1) is 15.9 Å². The number of rotatable bonds is 4. The predicted molar refractivity (Wildman–Crippen MR) is 104 cm³/mol. The highest BCUT2D eigenvalue weighted by atomic mass is 32.2. The van der Waals surface area contributed by atoms with Crippen LogP contribution in [0.3, 0.4) is 0 Å². The van der Waals surface area contributed by atoms with Crippen LogP contribution in [0.4, 0.5) is 10.1 Å². The van der Waals surface area contributed by atoms with E-state index in [-0.39, 0.29) is 33.4 Å². The molecule has 0 spiro atoms. The quantitative estimate of drug-likeness (QED) is 0.466. The lowest BCUT2D eigenvalue weighted by Crippen LogP contribution is -2.18. The summed E-state index contributed by atoms with van der Waals surface area (Å²) < 4.78 is 45.9. The number of nitrogens with zero attached hydrogens (tertiary/aromatic N) is 1. The second-order valence-corrected chi connectivity index (χ2v) is 8.35. The minimum Gasteiger partial charge on any atom is -0.454 e. The van der Waals surface area contributed by atoms with Gasteiger partial charge in [0.05, 0.1) is 15.9 Å². The van der Waals surface area contributed by atoms with Crippen LogP contribution in [-0.2, 0) is 16.3 Å². The van der Waals surface area contributed by atoms with Crippen molar-refractivity contribution < 1.29 is 22.5 Å². The molecule has 0 aliphatic carbocycles. The molecule has 6 nitrogen and oxygen atoms in total. The summed E-state index contributed by atoms with van der Waals surface area (Å²) in [6.45, 7) is 0. The van der Waals surface area contributed by atoms with Crippen LogP contribution >= 0.6 is 0 Å². The highest BCUT2D eigenvalue weighted by Gasteiger charge is 2.35.